The van der Waals surface area contributed by atoms with E-state index in [1.807, 2.05) is 0 Å². The minimum atomic E-state index is -1.32. The van der Waals surface area contributed by atoms with Crippen LogP contribution in [0.2, 0.25) is 0 Å². The van der Waals surface area contributed by atoms with Crippen molar-refractivity contribution in [3.8, 4) is 0 Å². The molecule has 140 valence electrons. The SMILES string of the molecule is CCOC(=O)C[C@H](Cc1cc(F)c(F)cc1F)NC(=O)OC(C)(C)C. The van der Waals surface area contributed by atoms with Crippen molar-refractivity contribution in [1.82, 2.24) is 5.32 Å². The van der Waals surface area contributed by atoms with Crippen LogP contribution >= 0.6 is 0 Å². The Morgan fingerprint density at radius 3 is 2.28 bits per heavy atom. The van der Waals surface area contributed by atoms with Crippen LogP contribution < -0.4 is 5.32 Å². The Kier molecular flexibility index (Phi) is 7.26. The zero-order valence-electron chi connectivity index (χ0n) is 14.6. The number of carbonyl (C=O) groups is 2. The summed E-state index contributed by atoms with van der Waals surface area (Å²) in [6.07, 6.45) is -1.32. The Balaban J connectivity index is 2.92. The fourth-order valence-electron chi connectivity index (χ4n) is 2.06. The monoisotopic (exact) mass is 361 g/mol. The van der Waals surface area contributed by atoms with Crippen LogP contribution in [0.15, 0.2) is 12.1 Å². The van der Waals surface area contributed by atoms with E-state index in [1.54, 1.807) is 27.7 Å². The first-order valence-electron chi connectivity index (χ1n) is 7.80. The maximum atomic E-state index is 13.8. The molecule has 0 aliphatic heterocycles. The van der Waals surface area contributed by atoms with Crippen LogP contribution in [-0.4, -0.2) is 30.3 Å². The van der Waals surface area contributed by atoms with E-state index in [0.29, 0.717) is 12.1 Å². The number of amides is 1. The number of alkyl carbamates (subject to hydrolysis) is 1. The van der Waals surface area contributed by atoms with E-state index in [4.69, 9.17) is 9.47 Å². The van der Waals surface area contributed by atoms with Crippen LogP contribution in [0.5, 0.6) is 0 Å². The van der Waals surface area contributed by atoms with Crippen LogP contribution in [0.1, 0.15) is 39.7 Å². The largest absolute Gasteiger partial charge is 0.466 e. The zero-order valence-corrected chi connectivity index (χ0v) is 14.6. The number of hydrogen-bond donors (Lipinski definition) is 1. The maximum absolute atomic E-state index is 13.8. The molecule has 1 atom stereocenters. The maximum Gasteiger partial charge on any atom is 0.407 e. The number of halogens is 3. The number of nitrogens with one attached hydrogen (secondary N) is 1. The number of ether oxygens (including phenoxy) is 2. The normalized spacial score (nSPS) is 12.4. The second kappa shape index (κ2) is 8.73. The Bertz CT molecular complexity index is 629. The lowest BCUT2D eigenvalue weighted by Gasteiger charge is -2.23. The molecule has 8 heteroatoms. The molecule has 0 spiro atoms. The summed E-state index contributed by atoms with van der Waals surface area (Å²) in [4.78, 5) is 23.6. The van der Waals surface area contributed by atoms with E-state index in [1.165, 1.54) is 0 Å². The van der Waals surface area contributed by atoms with Gasteiger partial charge in [-0.05, 0) is 45.7 Å². The molecule has 0 bridgehead atoms. The van der Waals surface area contributed by atoms with Crippen LogP contribution in [0.4, 0.5) is 18.0 Å². The molecule has 1 aromatic carbocycles. The number of benzene rings is 1. The number of hydrogen-bond acceptors (Lipinski definition) is 4. The molecule has 0 aromatic heterocycles. The van der Waals surface area contributed by atoms with Crippen molar-refractivity contribution in [1.29, 1.82) is 0 Å². The Labute approximate surface area is 144 Å². The van der Waals surface area contributed by atoms with Gasteiger partial charge in [-0.3, -0.25) is 4.79 Å². The predicted octanol–water partition coefficient (Wildman–Crippen LogP) is 3.49. The van der Waals surface area contributed by atoms with Gasteiger partial charge in [-0.25, -0.2) is 18.0 Å². The molecule has 5 nitrogen and oxygen atoms in total. The van der Waals surface area contributed by atoms with Gasteiger partial charge in [0.15, 0.2) is 11.6 Å². The average Bonchev–Trinajstić information content (AvgIpc) is 2.42. The minimum absolute atomic E-state index is 0.136. The first-order valence-corrected chi connectivity index (χ1v) is 7.80. The van der Waals surface area contributed by atoms with Gasteiger partial charge in [0, 0.05) is 12.1 Å². The third kappa shape index (κ3) is 7.45. The van der Waals surface area contributed by atoms with Crippen molar-refractivity contribution in [3.63, 3.8) is 0 Å². The lowest BCUT2D eigenvalue weighted by atomic mass is 10.0. The van der Waals surface area contributed by atoms with Crippen molar-refractivity contribution in [2.24, 2.45) is 0 Å². The van der Waals surface area contributed by atoms with Crippen molar-refractivity contribution in [2.75, 3.05) is 6.61 Å². The quantitative estimate of drug-likeness (QED) is 0.622. The van der Waals surface area contributed by atoms with Gasteiger partial charge in [0.05, 0.1) is 13.0 Å². The van der Waals surface area contributed by atoms with Gasteiger partial charge in [-0.2, -0.15) is 0 Å². The van der Waals surface area contributed by atoms with E-state index >= 15 is 0 Å². The second-order valence-corrected chi connectivity index (χ2v) is 6.41. The standard InChI is InChI=1S/C17H22F3NO4/c1-5-24-15(22)8-11(21-16(23)25-17(2,3)4)6-10-7-13(19)14(20)9-12(10)18/h7,9,11H,5-6,8H2,1-4H3,(H,21,23)/t11-/m0/s1. The van der Waals surface area contributed by atoms with Gasteiger partial charge in [-0.15, -0.1) is 0 Å². The van der Waals surface area contributed by atoms with Crippen LogP contribution in [0.25, 0.3) is 0 Å². The number of rotatable bonds is 6. The zero-order chi connectivity index (χ0) is 19.2. The smallest absolute Gasteiger partial charge is 0.407 e. The lowest BCUT2D eigenvalue weighted by molar-refractivity contribution is -0.143. The molecule has 0 saturated heterocycles. The highest BCUT2D eigenvalue weighted by atomic mass is 19.2. The Hall–Kier alpha value is -2.25. The summed E-state index contributed by atoms with van der Waals surface area (Å²) in [5.41, 5.74) is -0.949. The van der Waals surface area contributed by atoms with Crippen LogP contribution in [0, 0.1) is 17.5 Å². The molecule has 1 N–H and O–H groups in total. The second-order valence-electron chi connectivity index (χ2n) is 6.41. The van der Waals surface area contributed by atoms with E-state index in [0.717, 1.165) is 0 Å². The van der Waals surface area contributed by atoms with Gasteiger partial charge >= 0.3 is 12.1 Å². The Morgan fingerprint density at radius 1 is 1.12 bits per heavy atom. The molecule has 0 radical (unpaired) electrons. The van der Waals surface area contributed by atoms with E-state index in [2.05, 4.69) is 5.32 Å². The fourth-order valence-corrected chi connectivity index (χ4v) is 2.06. The first kappa shape index (κ1) is 20.8. The summed E-state index contributed by atoms with van der Waals surface area (Å²) in [7, 11) is 0. The van der Waals surface area contributed by atoms with Crippen LogP contribution in [-0.2, 0) is 20.7 Å². The third-order valence-electron chi connectivity index (χ3n) is 2.99. The molecule has 0 heterocycles. The lowest BCUT2D eigenvalue weighted by Crippen LogP contribution is -2.41. The molecular formula is C17H22F3NO4. The Morgan fingerprint density at radius 2 is 1.72 bits per heavy atom. The van der Waals surface area contributed by atoms with E-state index in [9.17, 15) is 22.8 Å². The molecule has 1 aromatic rings. The van der Waals surface area contributed by atoms with Gasteiger partial charge in [0.25, 0.3) is 0 Å². The van der Waals surface area contributed by atoms with Crippen molar-refractivity contribution >= 4 is 12.1 Å². The minimum Gasteiger partial charge on any atom is -0.466 e. The van der Waals surface area contributed by atoms with Gasteiger partial charge in [0.2, 0.25) is 0 Å². The predicted molar refractivity (Wildman–Crippen MR) is 84.4 cm³/mol. The topological polar surface area (TPSA) is 64.6 Å². The van der Waals surface area contributed by atoms with E-state index < -0.39 is 41.2 Å². The summed E-state index contributed by atoms with van der Waals surface area (Å²) in [5, 5.41) is 2.43. The average molecular weight is 361 g/mol. The van der Waals surface area contributed by atoms with Crippen molar-refractivity contribution in [2.45, 2.75) is 52.2 Å². The van der Waals surface area contributed by atoms with Gasteiger partial charge in [-0.1, -0.05) is 0 Å². The highest BCUT2D eigenvalue weighted by molar-refractivity contribution is 5.73. The molecule has 1 amide bonds. The first-order chi connectivity index (χ1) is 11.5. The molecule has 0 saturated carbocycles. The third-order valence-corrected chi connectivity index (χ3v) is 2.99. The molecule has 0 unspecified atom stereocenters. The molecule has 0 aliphatic rings. The highest BCUT2D eigenvalue weighted by Crippen LogP contribution is 2.17. The van der Waals surface area contributed by atoms with Crippen molar-refractivity contribution in [3.05, 3.63) is 35.1 Å². The summed E-state index contributed by atoms with van der Waals surface area (Å²) in [6, 6.07) is 0.201. The summed E-state index contributed by atoms with van der Waals surface area (Å²) in [6.45, 7) is 6.71. The molecule has 0 fully saturated rings. The van der Waals surface area contributed by atoms with Crippen LogP contribution in [0.3, 0.4) is 0 Å². The highest BCUT2D eigenvalue weighted by Gasteiger charge is 2.23. The van der Waals surface area contributed by atoms with E-state index in [-0.39, 0.29) is 25.0 Å². The molecular weight excluding hydrogens is 339 g/mol. The fraction of sp³-hybridized carbons (Fsp3) is 0.529. The number of esters is 1. The molecule has 0 aliphatic carbocycles. The van der Waals surface area contributed by atoms with Gasteiger partial charge < -0.3 is 14.8 Å². The number of carbonyl (C=O) groups excluding carboxylic acids is 2. The molecule has 1 rings (SSSR count). The molecule has 25 heavy (non-hydrogen) atoms. The summed E-state index contributed by atoms with van der Waals surface area (Å²) < 4.78 is 50.1. The summed E-state index contributed by atoms with van der Waals surface area (Å²) in [5.74, 6) is -4.13. The summed E-state index contributed by atoms with van der Waals surface area (Å²) >= 11 is 0. The van der Waals surface area contributed by atoms with Crippen molar-refractivity contribution < 1.29 is 32.2 Å². The van der Waals surface area contributed by atoms with Gasteiger partial charge in [0.1, 0.15) is 11.4 Å².